The van der Waals surface area contributed by atoms with Crippen LogP contribution in [0, 0.1) is 12.8 Å². The van der Waals surface area contributed by atoms with E-state index in [0.717, 1.165) is 5.56 Å². The molecule has 0 saturated carbocycles. The minimum Gasteiger partial charge on any atom is -0.481 e. The average molecular weight is 305 g/mol. The first-order valence-electron chi connectivity index (χ1n) is 7.65. The molecule has 5 heteroatoms. The van der Waals surface area contributed by atoms with E-state index in [9.17, 15) is 9.59 Å². The van der Waals surface area contributed by atoms with E-state index in [1.807, 2.05) is 38.1 Å². The zero-order valence-electron chi connectivity index (χ0n) is 13.3. The Morgan fingerprint density at radius 1 is 1.27 bits per heavy atom. The molecule has 0 aromatic heterocycles. The molecule has 1 saturated heterocycles. The second kappa shape index (κ2) is 6.81. The first-order valence-corrected chi connectivity index (χ1v) is 7.65. The van der Waals surface area contributed by atoms with E-state index in [2.05, 4.69) is 0 Å². The fraction of sp³-hybridized carbons (Fsp3) is 0.529. The molecule has 1 N–H and O–H groups in total. The quantitative estimate of drug-likeness (QED) is 0.928. The highest BCUT2D eigenvalue weighted by molar-refractivity contribution is 5.82. The molecule has 0 aliphatic carbocycles. The number of nitrogens with zero attached hydrogens (tertiary/aromatic N) is 1. The number of ether oxygens (including phenoxy) is 1. The Hall–Kier alpha value is -2.04. The normalized spacial score (nSPS) is 23.0. The molecule has 2 rings (SSSR count). The van der Waals surface area contributed by atoms with Gasteiger partial charge in [0.15, 0.2) is 6.10 Å². The van der Waals surface area contributed by atoms with E-state index in [1.54, 1.807) is 11.8 Å². The van der Waals surface area contributed by atoms with E-state index < -0.39 is 18.0 Å². The molecular weight excluding hydrogens is 282 g/mol. The summed E-state index contributed by atoms with van der Waals surface area (Å²) in [6.07, 6.45) is 0.700. The minimum atomic E-state index is -0.836. The van der Waals surface area contributed by atoms with Crippen LogP contribution in [0.1, 0.15) is 32.3 Å². The summed E-state index contributed by atoms with van der Waals surface area (Å²) in [5.41, 5.74) is 1.13. The van der Waals surface area contributed by atoms with Crippen molar-refractivity contribution in [1.29, 1.82) is 0 Å². The van der Waals surface area contributed by atoms with Gasteiger partial charge in [0.25, 0.3) is 5.91 Å². The monoisotopic (exact) mass is 305 g/mol. The summed E-state index contributed by atoms with van der Waals surface area (Å²) in [6.45, 7) is 5.91. The molecule has 5 nitrogen and oxygen atoms in total. The van der Waals surface area contributed by atoms with Crippen molar-refractivity contribution in [3.63, 3.8) is 0 Å². The van der Waals surface area contributed by atoms with E-state index in [-0.39, 0.29) is 18.5 Å². The van der Waals surface area contributed by atoms with Crippen LogP contribution in [0.2, 0.25) is 0 Å². The topological polar surface area (TPSA) is 66.8 Å². The second-order valence-corrected chi connectivity index (χ2v) is 6.03. The number of carboxylic acids is 1. The molecule has 22 heavy (non-hydrogen) atoms. The van der Waals surface area contributed by atoms with Crippen molar-refractivity contribution in [2.75, 3.05) is 6.54 Å². The predicted molar refractivity (Wildman–Crippen MR) is 82.8 cm³/mol. The summed E-state index contributed by atoms with van der Waals surface area (Å²) in [4.78, 5) is 25.3. The number of piperidine rings is 1. The lowest BCUT2D eigenvalue weighted by Crippen LogP contribution is -2.51. The number of amides is 1. The fourth-order valence-corrected chi connectivity index (χ4v) is 2.72. The summed E-state index contributed by atoms with van der Waals surface area (Å²) < 4.78 is 5.69. The first-order chi connectivity index (χ1) is 10.4. The molecule has 1 aliphatic heterocycles. The molecule has 1 fully saturated rings. The molecule has 1 aromatic carbocycles. The van der Waals surface area contributed by atoms with Crippen molar-refractivity contribution in [3.05, 3.63) is 29.8 Å². The average Bonchev–Trinajstić information content (AvgIpc) is 2.49. The number of likely N-dealkylation sites (tertiary alicyclic amines) is 1. The van der Waals surface area contributed by atoms with Gasteiger partial charge in [-0.05, 0) is 45.7 Å². The Morgan fingerprint density at radius 3 is 2.50 bits per heavy atom. The van der Waals surface area contributed by atoms with E-state index in [1.165, 1.54) is 0 Å². The van der Waals surface area contributed by atoms with E-state index >= 15 is 0 Å². The molecule has 1 heterocycles. The molecule has 1 amide bonds. The predicted octanol–water partition coefficient (Wildman–Crippen LogP) is 2.47. The van der Waals surface area contributed by atoms with Gasteiger partial charge >= 0.3 is 5.97 Å². The molecule has 1 aromatic rings. The van der Waals surface area contributed by atoms with Gasteiger partial charge in [0, 0.05) is 12.6 Å². The maximum atomic E-state index is 12.6. The number of aliphatic carboxylic acids is 1. The van der Waals surface area contributed by atoms with Gasteiger partial charge in [-0.1, -0.05) is 17.7 Å². The maximum Gasteiger partial charge on any atom is 0.308 e. The van der Waals surface area contributed by atoms with Crippen molar-refractivity contribution in [3.8, 4) is 5.75 Å². The third-order valence-corrected chi connectivity index (χ3v) is 4.20. The number of carbonyl (C=O) groups is 2. The lowest BCUT2D eigenvalue weighted by atomic mass is 9.93. The fourth-order valence-electron chi connectivity index (χ4n) is 2.72. The van der Waals surface area contributed by atoms with Gasteiger partial charge in [-0.25, -0.2) is 0 Å². The van der Waals surface area contributed by atoms with Crippen LogP contribution in [0.15, 0.2) is 24.3 Å². The molecule has 0 radical (unpaired) electrons. The zero-order valence-corrected chi connectivity index (χ0v) is 13.3. The van der Waals surface area contributed by atoms with Crippen molar-refractivity contribution in [2.24, 2.45) is 5.92 Å². The molecular formula is C17H23NO4. The lowest BCUT2D eigenvalue weighted by Gasteiger charge is -2.37. The minimum absolute atomic E-state index is 0.0483. The van der Waals surface area contributed by atoms with E-state index in [0.29, 0.717) is 18.6 Å². The Balaban J connectivity index is 2.02. The summed E-state index contributed by atoms with van der Waals surface area (Å²) in [7, 11) is 0. The van der Waals surface area contributed by atoms with Gasteiger partial charge in [-0.15, -0.1) is 0 Å². The smallest absolute Gasteiger partial charge is 0.308 e. The standard InChI is InChI=1S/C17H23NO4/c1-11-4-8-15(9-5-11)22-13(3)16(19)18-10-14(17(20)21)7-6-12(18)2/h4-5,8-9,12-14H,6-7,10H2,1-3H3,(H,20,21). The van der Waals surface area contributed by atoms with Crippen LogP contribution in [0.25, 0.3) is 0 Å². The summed E-state index contributed by atoms with van der Waals surface area (Å²) in [5, 5.41) is 9.15. The lowest BCUT2D eigenvalue weighted by molar-refractivity contribution is -0.149. The Kier molecular flexibility index (Phi) is 5.06. The number of rotatable bonds is 4. The number of hydrogen-bond donors (Lipinski definition) is 1. The molecule has 0 bridgehead atoms. The van der Waals surface area contributed by atoms with Gasteiger partial charge < -0.3 is 14.7 Å². The van der Waals surface area contributed by atoms with Crippen LogP contribution in [0.5, 0.6) is 5.75 Å². The van der Waals surface area contributed by atoms with Crippen molar-refractivity contribution < 1.29 is 19.4 Å². The first kappa shape index (κ1) is 16.3. The van der Waals surface area contributed by atoms with Gasteiger partial charge in [-0.2, -0.15) is 0 Å². The highest BCUT2D eigenvalue weighted by atomic mass is 16.5. The third kappa shape index (κ3) is 3.78. The van der Waals surface area contributed by atoms with Gasteiger partial charge in [0.05, 0.1) is 5.92 Å². The third-order valence-electron chi connectivity index (χ3n) is 4.20. The number of carboxylic acid groups (broad SMARTS) is 1. The van der Waals surface area contributed by atoms with Crippen molar-refractivity contribution >= 4 is 11.9 Å². The number of hydrogen-bond acceptors (Lipinski definition) is 3. The molecule has 3 atom stereocenters. The second-order valence-electron chi connectivity index (χ2n) is 6.03. The Morgan fingerprint density at radius 2 is 1.91 bits per heavy atom. The number of aryl methyl sites for hydroxylation is 1. The molecule has 1 aliphatic rings. The van der Waals surface area contributed by atoms with Crippen LogP contribution in [-0.4, -0.2) is 40.6 Å². The summed E-state index contributed by atoms with van der Waals surface area (Å²) >= 11 is 0. The van der Waals surface area contributed by atoms with Crippen molar-refractivity contribution in [1.82, 2.24) is 4.90 Å². The van der Waals surface area contributed by atoms with Gasteiger partial charge in [0.2, 0.25) is 0 Å². The molecule has 3 unspecified atom stereocenters. The van der Waals surface area contributed by atoms with Gasteiger partial charge in [-0.3, -0.25) is 9.59 Å². The summed E-state index contributed by atoms with van der Waals surface area (Å²) in [5.74, 6) is -0.826. The maximum absolute atomic E-state index is 12.6. The van der Waals surface area contributed by atoms with Crippen LogP contribution in [0.4, 0.5) is 0 Å². The molecule has 0 spiro atoms. The van der Waals surface area contributed by atoms with Crippen molar-refractivity contribution in [2.45, 2.75) is 45.8 Å². The highest BCUT2D eigenvalue weighted by Gasteiger charge is 2.34. The van der Waals surface area contributed by atoms with Crippen LogP contribution < -0.4 is 4.74 Å². The zero-order chi connectivity index (χ0) is 16.3. The number of benzene rings is 1. The van der Waals surface area contributed by atoms with Crippen LogP contribution in [-0.2, 0) is 9.59 Å². The Labute approximate surface area is 130 Å². The SMILES string of the molecule is Cc1ccc(OC(C)C(=O)N2CC(C(=O)O)CCC2C)cc1. The number of carbonyl (C=O) groups excluding carboxylic acids is 1. The largest absolute Gasteiger partial charge is 0.481 e. The highest BCUT2D eigenvalue weighted by Crippen LogP contribution is 2.24. The van der Waals surface area contributed by atoms with Crippen LogP contribution in [0.3, 0.4) is 0 Å². The molecule has 120 valence electrons. The van der Waals surface area contributed by atoms with E-state index in [4.69, 9.17) is 9.84 Å². The van der Waals surface area contributed by atoms with Crippen LogP contribution >= 0.6 is 0 Å². The summed E-state index contributed by atoms with van der Waals surface area (Å²) in [6, 6.07) is 7.57. The Bertz CT molecular complexity index is 540. The van der Waals surface area contributed by atoms with Gasteiger partial charge in [0.1, 0.15) is 5.75 Å².